The quantitative estimate of drug-likeness (QED) is 0.687. The molecule has 1 aromatic rings. The number of carbonyl (C=O) groups is 2. The van der Waals surface area contributed by atoms with Crippen LogP contribution < -0.4 is 10.2 Å². The van der Waals surface area contributed by atoms with Crippen molar-refractivity contribution in [3.63, 3.8) is 0 Å². The van der Waals surface area contributed by atoms with E-state index < -0.39 is 5.41 Å². The number of amides is 2. The smallest absolute Gasteiger partial charge is 0.228 e. The highest BCUT2D eigenvalue weighted by Gasteiger charge is 2.30. The van der Waals surface area contributed by atoms with E-state index in [4.69, 9.17) is 0 Å². The van der Waals surface area contributed by atoms with Gasteiger partial charge in [-0.1, -0.05) is 41.5 Å². The second-order valence-corrected chi connectivity index (χ2v) is 9.32. The maximum Gasteiger partial charge on any atom is 0.228 e. The highest BCUT2D eigenvalue weighted by atomic mass is 16.2. The van der Waals surface area contributed by atoms with Crippen molar-refractivity contribution in [3.8, 4) is 0 Å². The molecule has 0 aromatic heterocycles. The lowest BCUT2D eigenvalue weighted by Gasteiger charge is -2.35. The predicted octanol–water partition coefficient (Wildman–Crippen LogP) is 4.91. The standard InChI is InChI=1S/C23H39N3O2/c1-10-17(4)26(22(28)23(5,6)7)15-18-14-19(11-12-20(18)25(8)9)24-21(27)13-16(2)3/h11-12,14,16-17H,10,13,15H2,1-9H3,(H,24,27)/t17-/m0/s1. The Morgan fingerprint density at radius 3 is 2.18 bits per heavy atom. The van der Waals surface area contributed by atoms with Crippen LogP contribution in [0, 0.1) is 11.3 Å². The third-order valence-electron chi connectivity index (χ3n) is 4.80. The Morgan fingerprint density at radius 1 is 1.11 bits per heavy atom. The number of hydrogen-bond donors (Lipinski definition) is 1. The molecule has 5 nitrogen and oxygen atoms in total. The molecule has 0 aliphatic carbocycles. The maximum absolute atomic E-state index is 13.1. The number of anilines is 2. The number of nitrogens with one attached hydrogen (secondary N) is 1. The molecule has 0 aliphatic heterocycles. The first-order chi connectivity index (χ1) is 12.9. The Morgan fingerprint density at radius 2 is 1.71 bits per heavy atom. The van der Waals surface area contributed by atoms with E-state index in [0.29, 0.717) is 18.9 Å². The molecule has 1 aromatic carbocycles. The third-order valence-corrected chi connectivity index (χ3v) is 4.80. The highest BCUT2D eigenvalue weighted by molar-refractivity contribution is 5.91. The van der Waals surface area contributed by atoms with E-state index in [1.165, 1.54) is 0 Å². The average molecular weight is 390 g/mol. The van der Waals surface area contributed by atoms with E-state index in [1.807, 2.05) is 76.7 Å². The van der Waals surface area contributed by atoms with Crippen molar-refractivity contribution in [2.75, 3.05) is 24.3 Å². The van der Waals surface area contributed by atoms with Gasteiger partial charge in [0.15, 0.2) is 0 Å². The fourth-order valence-electron chi connectivity index (χ4n) is 3.07. The molecule has 28 heavy (non-hydrogen) atoms. The summed E-state index contributed by atoms with van der Waals surface area (Å²) in [6.07, 6.45) is 1.39. The largest absolute Gasteiger partial charge is 0.377 e. The van der Waals surface area contributed by atoms with Gasteiger partial charge >= 0.3 is 0 Å². The van der Waals surface area contributed by atoms with Gasteiger partial charge in [-0.25, -0.2) is 0 Å². The molecule has 0 saturated carbocycles. The van der Waals surface area contributed by atoms with E-state index in [-0.39, 0.29) is 17.9 Å². The van der Waals surface area contributed by atoms with Crippen LogP contribution in [0.15, 0.2) is 18.2 Å². The van der Waals surface area contributed by atoms with Crippen molar-refractivity contribution in [1.29, 1.82) is 0 Å². The first-order valence-electron chi connectivity index (χ1n) is 10.3. The van der Waals surface area contributed by atoms with E-state index >= 15 is 0 Å². The topological polar surface area (TPSA) is 52.7 Å². The molecule has 0 spiro atoms. The van der Waals surface area contributed by atoms with Gasteiger partial charge in [-0.2, -0.15) is 0 Å². The molecule has 0 saturated heterocycles. The van der Waals surface area contributed by atoms with Crippen molar-refractivity contribution < 1.29 is 9.59 Å². The zero-order chi connectivity index (χ0) is 21.6. The van der Waals surface area contributed by atoms with Crippen LogP contribution in [0.25, 0.3) is 0 Å². The molecular formula is C23H39N3O2. The minimum Gasteiger partial charge on any atom is -0.377 e. The van der Waals surface area contributed by atoms with E-state index in [2.05, 4.69) is 19.2 Å². The van der Waals surface area contributed by atoms with Gasteiger partial charge in [0.2, 0.25) is 11.8 Å². The summed E-state index contributed by atoms with van der Waals surface area (Å²) in [7, 11) is 3.99. The zero-order valence-electron chi connectivity index (χ0n) is 19.2. The molecule has 0 heterocycles. The Labute approximate surface area is 171 Å². The SMILES string of the molecule is CC[C@H](C)N(Cc1cc(NC(=O)CC(C)C)ccc1N(C)C)C(=O)C(C)(C)C. The molecule has 0 unspecified atom stereocenters. The molecule has 5 heteroatoms. The van der Waals surface area contributed by atoms with Crippen LogP contribution in [-0.2, 0) is 16.1 Å². The fraction of sp³-hybridized carbons (Fsp3) is 0.652. The summed E-state index contributed by atoms with van der Waals surface area (Å²) >= 11 is 0. The maximum atomic E-state index is 13.1. The fourth-order valence-corrected chi connectivity index (χ4v) is 3.07. The van der Waals surface area contributed by atoms with Gasteiger partial charge in [-0.05, 0) is 43.0 Å². The van der Waals surface area contributed by atoms with Crippen LogP contribution in [0.4, 0.5) is 11.4 Å². The summed E-state index contributed by atoms with van der Waals surface area (Å²) in [5, 5.41) is 2.99. The Bertz CT molecular complexity index is 675. The van der Waals surface area contributed by atoms with Gasteiger partial charge in [0.1, 0.15) is 0 Å². The molecule has 158 valence electrons. The monoisotopic (exact) mass is 389 g/mol. The molecule has 0 bridgehead atoms. The zero-order valence-corrected chi connectivity index (χ0v) is 19.2. The van der Waals surface area contributed by atoms with Gasteiger partial charge < -0.3 is 15.1 Å². The van der Waals surface area contributed by atoms with Gasteiger partial charge in [0.25, 0.3) is 0 Å². The van der Waals surface area contributed by atoms with E-state index in [9.17, 15) is 9.59 Å². The Hall–Kier alpha value is -2.04. The lowest BCUT2D eigenvalue weighted by molar-refractivity contribution is -0.142. The summed E-state index contributed by atoms with van der Waals surface area (Å²) < 4.78 is 0. The lowest BCUT2D eigenvalue weighted by atomic mass is 9.93. The highest BCUT2D eigenvalue weighted by Crippen LogP contribution is 2.28. The second kappa shape index (κ2) is 9.94. The van der Waals surface area contributed by atoms with E-state index in [0.717, 1.165) is 23.4 Å². The molecule has 0 radical (unpaired) electrons. The Kier molecular flexibility index (Phi) is 8.52. The van der Waals surface area contributed by atoms with Crippen LogP contribution >= 0.6 is 0 Å². The van der Waals surface area contributed by atoms with Gasteiger partial charge in [-0.15, -0.1) is 0 Å². The van der Waals surface area contributed by atoms with Gasteiger partial charge in [0.05, 0.1) is 0 Å². The lowest BCUT2D eigenvalue weighted by Crippen LogP contribution is -2.44. The summed E-state index contributed by atoms with van der Waals surface area (Å²) in [5.41, 5.74) is 2.42. The van der Waals surface area contributed by atoms with Crippen molar-refractivity contribution in [2.45, 2.75) is 73.9 Å². The van der Waals surface area contributed by atoms with Gasteiger partial charge in [0, 0.05) is 49.9 Å². The first kappa shape index (κ1) is 24.0. The molecule has 0 fully saturated rings. The normalized spacial score (nSPS) is 12.6. The number of carbonyl (C=O) groups excluding carboxylic acids is 2. The van der Waals surface area contributed by atoms with Crippen LogP contribution in [0.1, 0.15) is 66.9 Å². The van der Waals surface area contributed by atoms with Gasteiger partial charge in [-0.3, -0.25) is 9.59 Å². The molecular weight excluding hydrogens is 350 g/mol. The van der Waals surface area contributed by atoms with Crippen molar-refractivity contribution in [1.82, 2.24) is 4.90 Å². The molecule has 1 N–H and O–H groups in total. The second-order valence-electron chi connectivity index (χ2n) is 9.32. The average Bonchev–Trinajstić information content (AvgIpc) is 2.56. The predicted molar refractivity (Wildman–Crippen MR) is 119 cm³/mol. The van der Waals surface area contributed by atoms with Crippen LogP contribution in [0.5, 0.6) is 0 Å². The number of nitrogens with zero attached hydrogens (tertiary/aromatic N) is 2. The summed E-state index contributed by atoms with van der Waals surface area (Å²) in [4.78, 5) is 29.3. The van der Waals surface area contributed by atoms with E-state index in [1.54, 1.807) is 0 Å². The molecule has 2 amide bonds. The number of hydrogen-bond acceptors (Lipinski definition) is 3. The first-order valence-corrected chi connectivity index (χ1v) is 10.3. The molecule has 0 aliphatic rings. The van der Waals surface area contributed by atoms with Crippen LogP contribution in [-0.4, -0.2) is 36.9 Å². The van der Waals surface area contributed by atoms with Crippen molar-refractivity contribution in [2.24, 2.45) is 11.3 Å². The summed E-state index contributed by atoms with van der Waals surface area (Å²) in [5.74, 6) is 0.467. The van der Waals surface area contributed by atoms with Crippen molar-refractivity contribution in [3.05, 3.63) is 23.8 Å². The van der Waals surface area contributed by atoms with Crippen LogP contribution in [0.2, 0.25) is 0 Å². The van der Waals surface area contributed by atoms with Crippen LogP contribution in [0.3, 0.4) is 0 Å². The Balaban J connectivity index is 3.24. The molecule has 1 rings (SSSR count). The number of rotatable bonds is 8. The molecule has 1 atom stereocenters. The number of benzene rings is 1. The minimum absolute atomic E-state index is 0.0168. The van der Waals surface area contributed by atoms with Crippen molar-refractivity contribution >= 4 is 23.2 Å². The third kappa shape index (κ3) is 6.84. The summed E-state index contributed by atoms with van der Waals surface area (Å²) in [6.45, 7) is 14.6. The minimum atomic E-state index is -0.440. The summed E-state index contributed by atoms with van der Waals surface area (Å²) in [6, 6.07) is 6.08.